The summed E-state index contributed by atoms with van der Waals surface area (Å²) in [7, 11) is 0. The number of carbonyl (C=O) groups is 2. The number of nitrogens with zero attached hydrogens (tertiary/aromatic N) is 2. The van der Waals surface area contributed by atoms with Gasteiger partial charge in [0.25, 0.3) is 5.91 Å². The molecule has 3 rings (SSSR count). The van der Waals surface area contributed by atoms with Crippen LogP contribution in [0.2, 0.25) is 0 Å². The van der Waals surface area contributed by atoms with Crippen molar-refractivity contribution in [1.82, 2.24) is 4.90 Å². The van der Waals surface area contributed by atoms with Crippen LogP contribution in [0.25, 0.3) is 0 Å². The Morgan fingerprint density at radius 2 is 2.17 bits per heavy atom. The van der Waals surface area contributed by atoms with Gasteiger partial charge < -0.3 is 4.90 Å². The van der Waals surface area contributed by atoms with Gasteiger partial charge in [0, 0.05) is 6.54 Å². The van der Waals surface area contributed by atoms with Crippen molar-refractivity contribution in [3.8, 4) is 0 Å². The van der Waals surface area contributed by atoms with E-state index in [1.54, 1.807) is 15.9 Å². The molecule has 0 aromatic heterocycles. The number of para-hydroxylation sites is 1. The van der Waals surface area contributed by atoms with E-state index >= 15 is 0 Å². The van der Waals surface area contributed by atoms with Crippen molar-refractivity contribution in [2.24, 2.45) is 0 Å². The molecule has 2 aliphatic heterocycles. The highest BCUT2D eigenvalue weighted by molar-refractivity contribution is 6.30. The number of carbonyl (C=O) groups excluding carboxylic acids is 2. The topological polar surface area (TPSA) is 40.6 Å². The quantitative estimate of drug-likeness (QED) is 0.726. The first kappa shape index (κ1) is 11.5. The molecule has 2 amide bonds. The van der Waals surface area contributed by atoms with Crippen molar-refractivity contribution in [2.75, 3.05) is 17.3 Å². The van der Waals surface area contributed by atoms with E-state index in [2.05, 4.69) is 0 Å². The van der Waals surface area contributed by atoms with E-state index in [9.17, 15) is 9.59 Å². The molecule has 2 aliphatic rings. The molecule has 0 N–H and O–H groups in total. The molecule has 1 aromatic carbocycles. The van der Waals surface area contributed by atoms with E-state index in [0.717, 1.165) is 12.8 Å². The summed E-state index contributed by atoms with van der Waals surface area (Å²) in [5, 5.41) is 0. The first-order chi connectivity index (χ1) is 8.74. The molecular formula is C13H13ClN2O2. The molecule has 0 bridgehead atoms. The maximum Gasteiger partial charge on any atom is 0.257 e. The Hall–Kier alpha value is -1.55. The van der Waals surface area contributed by atoms with Gasteiger partial charge >= 0.3 is 0 Å². The van der Waals surface area contributed by atoms with Crippen LogP contribution >= 0.6 is 11.6 Å². The van der Waals surface area contributed by atoms with Crippen molar-refractivity contribution >= 4 is 29.1 Å². The van der Waals surface area contributed by atoms with Gasteiger partial charge in [0.05, 0.1) is 11.3 Å². The summed E-state index contributed by atoms with van der Waals surface area (Å²) in [4.78, 5) is 27.8. The molecule has 4 nitrogen and oxygen atoms in total. The average Bonchev–Trinajstić information content (AvgIpc) is 2.88. The molecule has 0 unspecified atom stereocenters. The second kappa shape index (κ2) is 4.28. The zero-order valence-electron chi connectivity index (χ0n) is 9.80. The highest BCUT2D eigenvalue weighted by atomic mass is 35.5. The Kier molecular flexibility index (Phi) is 2.74. The fourth-order valence-corrected chi connectivity index (χ4v) is 2.93. The number of hydrogen-bond donors (Lipinski definition) is 0. The molecule has 1 fully saturated rings. The smallest absolute Gasteiger partial charge is 0.257 e. The number of rotatable bonds is 1. The van der Waals surface area contributed by atoms with Crippen molar-refractivity contribution in [3.63, 3.8) is 0 Å². The van der Waals surface area contributed by atoms with E-state index < -0.39 is 0 Å². The van der Waals surface area contributed by atoms with E-state index in [1.165, 1.54) is 0 Å². The van der Waals surface area contributed by atoms with Gasteiger partial charge in [0.15, 0.2) is 0 Å². The van der Waals surface area contributed by atoms with Crippen molar-refractivity contribution < 1.29 is 9.59 Å². The second-order valence-corrected chi connectivity index (χ2v) is 4.80. The summed E-state index contributed by atoms with van der Waals surface area (Å²) in [5.74, 6) is -0.187. The maximum atomic E-state index is 12.3. The van der Waals surface area contributed by atoms with Crippen LogP contribution in [0.5, 0.6) is 0 Å². The summed E-state index contributed by atoms with van der Waals surface area (Å²) in [5.41, 5.74) is 1.28. The van der Waals surface area contributed by atoms with Gasteiger partial charge in [-0.2, -0.15) is 0 Å². The van der Waals surface area contributed by atoms with Gasteiger partial charge in [-0.05, 0) is 25.0 Å². The number of anilines is 1. The molecule has 1 saturated heterocycles. The van der Waals surface area contributed by atoms with Crippen LogP contribution in [0.1, 0.15) is 23.2 Å². The van der Waals surface area contributed by atoms with Crippen molar-refractivity contribution in [2.45, 2.75) is 19.0 Å². The molecule has 1 aromatic rings. The largest absolute Gasteiger partial charge is 0.318 e. The fourth-order valence-electron chi connectivity index (χ4n) is 2.80. The Labute approximate surface area is 110 Å². The number of halogens is 1. The van der Waals surface area contributed by atoms with Crippen LogP contribution in [-0.2, 0) is 4.79 Å². The number of amides is 2. The number of fused-ring (bicyclic) bond motifs is 2. The molecule has 5 heteroatoms. The lowest BCUT2D eigenvalue weighted by molar-refractivity contribution is -0.117. The molecule has 18 heavy (non-hydrogen) atoms. The normalized spacial score (nSPS) is 21.8. The second-order valence-electron chi connectivity index (χ2n) is 4.54. The SMILES string of the molecule is O=C1c2ccccc2N(C(=O)CCl)[C@H]2CCCN12. The Balaban J connectivity index is 2.14. The summed E-state index contributed by atoms with van der Waals surface area (Å²) >= 11 is 5.68. The third kappa shape index (κ3) is 1.52. The molecule has 0 radical (unpaired) electrons. The number of hydrogen-bond acceptors (Lipinski definition) is 2. The highest BCUT2D eigenvalue weighted by Crippen LogP contribution is 2.35. The minimum absolute atomic E-state index is 0.0201. The maximum absolute atomic E-state index is 12.3. The Bertz CT molecular complexity index is 517. The first-order valence-electron chi connectivity index (χ1n) is 6.02. The van der Waals surface area contributed by atoms with Crippen LogP contribution in [-0.4, -0.2) is 35.3 Å². The minimum Gasteiger partial charge on any atom is -0.318 e. The number of benzene rings is 1. The van der Waals surface area contributed by atoms with Gasteiger partial charge in [-0.1, -0.05) is 12.1 Å². The van der Waals surface area contributed by atoms with Gasteiger partial charge in [-0.15, -0.1) is 11.6 Å². The predicted octanol–water partition coefficient (Wildman–Crippen LogP) is 1.83. The molecule has 1 atom stereocenters. The lowest BCUT2D eigenvalue weighted by Crippen LogP contribution is -2.54. The molecule has 0 saturated carbocycles. The molecule has 0 spiro atoms. The average molecular weight is 265 g/mol. The van der Waals surface area contributed by atoms with Gasteiger partial charge in [-0.25, -0.2) is 0 Å². The van der Waals surface area contributed by atoms with Crippen LogP contribution in [0.4, 0.5) is 5.69 Å². The summed E-state index contributed by atoms with van der Waals surface area (Å²) < 4.78 is 0. The third-order valence-corrected chi connectivity index (χ3v) is 3.79. The lowest BCUT2D eigenvalue weighted by Gasteiger charge is -2.40. The standard InChI is InChI=1S/C13H13ClN2O2/c14-8-12(17)16-10-5-2-1-4-9(10)13(18)15-7-3-6-11(15)16/h1-2,4-5,11H,3,6-8H2/t11-/m0/s1. The summed E-state index contributed by atoms with van der Waals surface area (Å²) in [6.45, 7) is 0.712. The zero-order chi connectivity index (χ0) is 12.7. The predicted molar refractivity (Wildman–Crippen MR) is 68.7 cm³/mol. The van der Waals surface area contributed by atoms with E-state index in [0.29, 0.717) is 17.8 Å². The van der Waals surface area contributed by atoms with E-state index in [4.69, 9.17) is 11.6 Å². The first-order valence-corrected chi connectivity index (χ1v) is 6.55. The van der Waals surface area contributed by atoms with E-state index in [-0.39, 0.29) is 23.9 Å². The van der Waals surface area contributed by atoms with Gasteiger partial charge in [0.1, 0.15) is 12.0 Å². The monoisotopic (exact) mass is 264 g/mol. The van der Waals surface area contributed by atoms with Crippen LogP contribution in [0.3, 0.4) is 0 Å². The van der Waals surface area contributed by atoms with Gasteiger partial charge in [-0.3, -0.25) is 14.5 Å². The Morgan fingerprint density at radius 1 is 1.39 bits per heavy atom. The van der Waals surface area contributed by atoms with Crippen molar-refractivity contribution in [3.05, 3.63) is 29.8 Å². The Morgan fingerprint density at radius 3 is 2.94 bits per heavy atom. The fraction of sp³-hybridized carbons (Fsp3) is 0.385. The van der Waals surface area contributed by atoms with Gasteiger partial charge in [0.2, 0.25) is 5.91 Å². The van der Waals surface area contributed by atoms with Crippen molar-refractivity contribution in [1.29, 1.82) is 0 Å². The molecular weight excluding hydrogens is 252 g/mol. The summed E-state index contributed by atoms with van der Waals surface area (Å²) in [6.07, 6.45) is 1.60. The van der Waals surface area contributed by atoms with Crippen LogP contribution in [0, 0.1) is 0 Å². The highest BCUT2D eigenvalue weighted by Gasteiger charge is 2.42. The zero-order valence-corrected chi connectivity index (χ0v) is 10.6. The molecule has 94 valence electrons. The summed E-state index contributed by atoms with van der Waals surface area (Å²) in [6, 6.07) is 7.23. The third-order valence-electron chi connectivity index (χ3n) is 3.56. The number of alkyl halides is 1. The molecule has 2 heterocycles. The van der Waals surface area contributed by atoms with E-state index in [1.807, 2.05) is 18.2 Å². The molecule has 0 aliphatic carbocycles. The van der Waals surface area contributed by atoms with Crippen LogP contribution < -0.4 is 4.90 Å². The minimum atomic E-state index is -0.154. The lowest BCUT2D eigenvalue weighted by atomic mass is 10.1. The van der Waals surface area contributed by atoms with Crippen LogP contribution in [0.15, 0.2) is 24.3 Å².